The second kappa shape index (κ2) is 8.01. The van der Waals surface area contributed by atoms with Gasteiger partial charge in [-0.3, -0.25) is 0 Å². The van der Waals surface area contributed by atoms with Gasteiger partial charge < -0.3 is 14.8 Å². The summed E-state index contributed by atoms with van der Waals surface area (Å²) in [6, 6.07) is 13.8. The lowest BCUT2D eigenvalue weighted by atomic mass is 10.2. The number of hydrogen-bond donors (Lipinski definition) is 1. The van der Waals surface area contributed by atoms with E-state index in [1.807, 2.05) is 18.4 Å². The van der Waals surface area contributed by atoms with Crippen LogP contribution in [0, 0.1) is 6.92 Å². The zero-order valence-electron chi connectivity index (χ0n) is 17.9. The van der Waals surface area contributed by atoms with Crippen molar-refractivity contribution in [3.05, 3.63) is 59.5 Å². The number of methoxy groups -OCH3 is 2. The van der Waals surface area contributed by atoms with E-state index in [2.05, 4.69) is 20.6 Å². The van der Waals surface area contributed by atoms with E-state index in [4.69, 9.17) is 9.47 Å². The molecule has 2 aromatic carbocycles. The molecule has 0 radical (unpaired) electrons. The first kappa shape index (κ1) is 21.2. The van der Waals surface area contributed by atoms with Gasteiger partial charge in [0.15, 0.2) is 11.5 Å². The van der Waals surface area contributed by atoms with Gasteiger partial charge in [0.05, 0.1) is 35.0 Å². The molecule has 0 aliphatic rings. The van der Waals surface area contributed by atoms with Gasteiger partial charge in [-0.15, -0.1) is 16.4 Å². The van der Waals surface area contributed by atoms with Crippen molar-refractivity contribution in [2.45, 2.75) is 16.8 Å². The Morgan fingerprint density at radius 2 is 1.82 bits per heavy atom. The monoisotopic (exact) mass is 481 g/mol. The highest BCUT2D eigenvalue weighted by molar-refractivity contribution is 7.91. The number of nitrogens with zero attached hydrogens (tertiary/aromatic N) is 4. The third kappa shape index (κ3) is 3.55. The van der Waals surface area contributed by atoms with Crippen LogP contribution in [-0.4, -0.2) is 42.4 Å². The van der Waals surface area contributed by atoms with E-state index in [0.29, 0.717) is 28.5 Å². The van der Waals surface area contributed by atoms with Crippen molar-refractivity contribution in [3.8, 4) is 11.5 Å². The number of benzene rings is 2. The summed E-state index contributed by atoms with van der Waals surface area (Å²) in [6.07, 6.45) is 0. The lowest BCUT2D eigenvalue weighted by Gasteiger charge is -2.13. The summed E-state index contributed by atoms with van der Waals surface area (Å²) < 4.78 is 39.7. The topological polar surface area (TPSA) is 108 Å². The predicted molar refractivity (Wildman–Crippen MR) is 126 cm³/mol. The van der Waals surface area contributed by atoms with Crippen LogP contribution in [0.2, 0.25) is 0 Å². The molecule has 0 spiro atoms. The first-order valence-corrected chi connectivity index (χ1v) is 12.2. The third-order valence-electron chi connectivity index (χ3n) is 5.17. The van der Waals surface area contributed by atoms with Crippen molar-refractivity contribution in [1.29, 1.82) is 0 Å². The number of fused-ring (bicyclic) bond motifs is 3. The minimum absolute atomic E-state index is 0.130. The molecule has 11 heteroatoms. The lowest BCUT2D eigenvalue weighted by molar-refractivity contribution is 0.405. The third-order valence-corrected chi connectivity index (χ3v) is 7.74. The van der Waals surface area contributed by atoms with Crippen LogP contribution < -0.4 is 14.8 Å². The average molecular weight is 482 g/mol. The summed E-state index contributed by atoms with van der Waals surface area (Å²) in [7, 11) is -0.786. The Kier molecular flexibility index (Phi) is 5.14. The molecule has 0 aliphatic heterocycles. The second-order valence-electron chi connectivity index (χ2n) is 7.23. The van der Waals surface area contributed by atoms with Crippen LogP contribution in [0.25, 0.3) is 15.9 Å². The smallest absolute Gasteiger partial charge is 0.229 e. The summed E-state index contributed by atoms with van der Waals surface area (Å²) in [5.74, 6) is 1.68. The van der Waals surface area contributed by atoms with Crippen LogP contribution in [0.5, 0.6) is 11.5 Å². The van der Waals surface area contributed by atoms with Crippen LogP contribution in [0.1, 0.15) is 5.56 Å². The Balaban J connectivity index is 1.70. The molecule has 5 aromatic rings. The average Bonchev–Trinajstić information content (AvgIpc) is 3.47. The number of nitrogens with one attached hydrogen (secondary N) is 1. The van der Waals surface area contributed by atoms with Crippen molar-refractivity contribution in [3.63, 3.8) is 0 Å². The molecule has 0 unspecified atom stereocenters. The quantitative estimate of drug-likeness (QED) is 0.384. The van der Waals surface area contributed by atoms with Gasteiger partial charge in [-0.1, -0.05) is 22.9 Å². The Labute approximate surface area is 193 Å². The van der Waals surface area contributed by atoms with Crippen LogP contribution in [0.15, 0.2) is 63.8 Å². The summed E-state index contributed by atoms with van der Waals surface area (Å²) in [4.78, 5) is 4.76. The number of hydrogen-bond acceptors (Lipinski definition) is 9. The van der Waals surface area contributed by atoms with Crippen LogP contribution in [-0.2, 0) is 9.84 Å². The van der Waals surface area contributed by atoms with Gasteiger partial charge in [0.2, 0.25) is 14.9 Å². The summed E-state index contributed by atoms with van der Waals surface area (Å²) in [6.45, 7) is 1.89. The highest BCUT2D eigenvalue weighted by atomic mass is 32.2. The molecule has 9 nitrogen and oxygen atoms in total. The molecule has 3 aromatic heterocycles. The van der Waals surface area contributed by atoms with Gasteiger partial charge in [-0.2, -0.15) is 4.52 Å². The minimum Gasteiger partial charge on any atom is -0.497 e. The number of aromatic nitrogens is 4. The van der Waals surface area contributed by atoms with Crippen molar-refractivity contribution >= 4 is 48.5 Å². The molecule has 0 saturated carbocycles. The zero-order valence-corrected chi connectivity index (χ0v) is 19.6. The maximum Gasteiger partial charge on any atom is 0.229 e. The van der Waals surface area contributed by atoms with Crippen molar-refractivity contribution in [1.82, 2.24) is 19.8 Å². The summed E-state index contributed by atoms with van der Waals surface area (Å²) in [5.41, 5.74) is 2.40. The molecular weight excluding hydrogens is 462 g/mol. The summed E-state index contributed by atoms with van der Waals surface area (Å²) in [5, 5.41) is 13.0. The van der Waals surface area contributed by atoms with Crippen LogP contribution in [0.3, 0.4) is 0 Å². The Bertz CT molecular complexity index is 1590. The zero-order chi connectivity index (χ0) is 23.2. The van der Waals surface area contributed by atoms with Crippen LogP contribution in [0.4, 0.5) is 11.5 Å². The van der Waals surface area contributed by atoms with E-state index in [0.717, 1.165) is 10.3 Å². The van der Waals surface area contributed by atoms with Gasteiger partial charge in [-0.05, 0) is 42.6 Å². The second-order valence-corrected chi connectivity index (χ2v) is 10.0. The fourth-order valence-corrected chi connectivity index (χ4v) is 5.50. The first-order valence-electron chi connectivity index (χ1n) is 9.86. The van der Waals surface area contributed by atoms with Crippen molar-refractivity contribution in [2.75, 3.05) is 19.5 Å². The molecule has 0 bridgehead atoms. The number of ether oxygens (including phenoxy) is 2. The Morgan fingerprint density at radius 3 is 2.55 bits per heavy atom. The molecule has 0 fully saturated rings. The maximum atomic E-state index is 13.3. The van der Waals surface area contributed by atoms with E-state index in [1.165, 1.54) is 15.9 Å². The fourth-order valence-electron chi connectivity index (χ4n) is 3.45. The molecule has 1 N–H and O–H groups in total. The predicted octanol–water partition coefficient (Wildman–Crippen LogP) is 4.24. The molecule has 33 heavy (non-hydrogen) atoms. The standard InChI is InChI=1S/C22H19N5O4S2/c1-13-4-7-15(8-5-13)33(28,29)22-21-24-20(19-17(10-11-32-19)27(21)26-25-22)23-16-12-14(30-2)6-9-18(16)31-3/h4-12H,1-3H3,(H,23,24). The molecule has 0 aliphatic carbocycles. The number of anilines is 2. The summed E-state index contributed by atoms with van der Waals surface area (Å²) >= 11 is 1.45. The fraction of sp³-hybridized carbons (Fsp3) is 0.136. The largest absolute Gasteiger partial charge is 0.497 e. The molecule has 3 heterocycles. The highest BCUT2D eigenvalue weighted by Gasteiger charge is 2.27. The van der Waals surface area contributed by atoms with Gasteiger partial charge in [0.25, 0.3) is 0 Å². The molecule has 5 rings (SSSR count). The number of aryl methyl sites for hydroxylation is 1. The molecule has 0 atom stereocenters. The van der Waals surface area contributed by atoms with Gasteiger partial charge in [0, 0.05) is 6.07 Å². The van der Waals surface area contributed by atoms with Gasteiger partial charge >= 0.3 is 0 Å². The normalized spacial score (nSPS) is 11.7. The van der Waals surface area contributed by atoms with Gasteiger partial charge in [-0.25, -0.2) is 13.4 Å². The van der Waals surface area contributed by atoms with E-state index in [-0.39, 0.29) is 15.6 Å². The number of thiophene rings is 1. The molecule has 168 valence electrons. The first-order chi connectivity index (χ1) is 15.9. The van der Waals surface area contributed by atoms with Gasteiger partial charge in [0.1, 0.15) is 11.5 Å². The highest BCUT2D eigenvalue weighted by Crippen LogP contribution is 2.36. The lowest BCUT2D eigenvalue weighted by Crippen LogP contribution is -2.05. The maximum absolute atomic E-state index is 13.3. The SMILES string of the molecule is COc1ccc(OC)c(Nc2nc3c(S(=O)(=O)c4ccc(C)cc4)nnn3c3ccsc23)c1. The van der Waals surface area contributed by atoms with E-state index < -0.39 is 9.84 Å². The van der Waals surface area contributed by atoms with Crippen molar-refractivity contribution < 1.29 is 17.9 Å². The van der Waals surface area contributed by atoms with Crippen molar-refractivity contribution in [2.24, 2.45) is 0 Å². The Hall–Kier alpha value is -3.70. The van der Waals surface area contributed by atoms with E-state index >= 15 is 0 Å². The van der Waals surface area contributed by atoms with E-state index in [9.17, 15) is 8.42 Å². The minimum atomic E-state index is -3.93. The Morgan fingerprint density at radius 1 is 1.03 bits per heavy atom. The molecule has 0 saturated heterocycles. The van der Waals surface area contributed by atoms with E-state index in [1.54, 1.807) is 56.7 Å². The molecule has 0 amide bonds. The van der Waals surface area contributed by atoms with Crippen LogP contribution >= 0.6 is 11.3 Å². The number of rotatable bonds is 6. The molecular formula is C22H19N5O4S2. The number of sulfone groups is 1.